The van der Waals surface area contributed by atoms with Gasteiger partial charge in [-0.15, -0.1) is 11.3 Å². The first-order chi connectivity index (χ1) is 12.1. The smallest absolute Gasteiger partial charge is 0.344 e. The molecule has 0 saturated heterocycles. The van der Waals surface area contributed by atoms with Crippen LogP contribution in [0.5, 0.6) is 5.75 Å². The van der Waals surface area contributed by atoms with Crippen LogP contribution in [0.25, 0.3) is 10.8 Å². The van der Waals surface area contributed by atoms with Crippen LogP contribution in [0.4, 0.5) is 0 Å². The third-order valence-electron chi connectivity index (χ3n) is 3.57. The van der Waals surface area contributed by atoms with Crippen LogP contribution < -0.4 is 4.74 Å². The lowest BCUT2D eigenvalue weighted by Gasteiger charge is -2.08. The third-order valence-corrected chi connectivity index (χ3v) is 4.47. The minimum absolute atomic E-state index is 0.117. The van der Waals surface area contributed by atoms with Gasteiger partial charge in [0.05, 0.1) is 12.0 Å². The molecule has 0 spiro atoms. The Balaban J connectivity index is 1.45. The molecule has 0 amide bonds. The van der Waals surface area contributed by atoms with Gasteiger partial charge in [0.15, 0.2) is 17.4 Å². The molecule has 0 radical (unpaired) electrons. The van der Waals surface area contributed by atoms with Gasteiger partial charge in [0.1, 0.15) is 12.4 Å². The largest absolute Gasteiger partial charge is 0.482 e. The van der Waals surface area contributed by atoms with Gasteiger partial charge in [-0.05, 0) is 35.7 Å². The van der Waals surface area contributed by atoms with Gasteiger partial charge in [-0.2, -0.15) is 0 Å². The summed E-state index contributed by atoms with van der Waals surface area (Å²) in [6, 6.07) is 11.4. The highest BCUT2D eigenvalue weighted by Crippen LogP contribution is 2.24. The van der Waals surface area contributed by atoms with E-state index in [0.29, 0.717) is 23.1 Å². The summed E-state index contributed by atoms with van der Waals surface area (Å²) in [5, 5.41) is 2.61. The Morgan fingerprint density at radius 2 is 2.04 bits per heavy atom. The van der Waals surface area contributed by atoms with Gasteiger partial charge in [0, 0.05) is 5.38 Å². The van der Waals surface area contributed by atoms with Crippen molar-refractivity contribution in [3.05, 3.63) is 59.3 Å². The van der Waals surface area contributed by atoms with E-state index < -0.39 is 5.97 Å². The number of thiazole rings is 1. The quantitative estimate of drug-likeness (QED) is 0.576. The summed E-state index contributed by atoms with van der Waals surface area (Å²) in [6.07, 6.45) is 1.60. The summed E-state index contributed by atoms with van der Waals surface area (Å²) < 4.78 is 15.9. The number of carbonyl (C=O) groups is 1. The Hall–Kier alpha value is -2.60. The summed E-state index contributed by atoms with van der Waals surface area (Å²) in [5.41, 5.74) is 1.91. The predicted molar refractivity (Wildman–Crippen MR) is 95.6 cm³/mol. The molecule has 25 heavy (non-hydrogen) atoms. The molecule has 3 rings (SSSR count). The van der Waals surface area contributed by atoms with Gasteiger partial charge in [-0.3, -0.25) is 0 Å². The van der Waals surface area contributed by atoms with Gasteiger partial charge in [-0.25, -0.2) is 9.78 Å². The zero-order valence-corrected chi connectivity index (χ0v) is 14.9. The molecule has 2 heterocycles. The molecule has 6 heteroatoms. The second-order valence-electron chi connectivity index (χ2n) is 5.79. The van der Waals surface area contributed by atoms with Crippen molar-refractivity contribution >= 4 is 17.3 Å². The molecule has 0 aliphatic carbocycles. The van der Waals surface area contributed by atoms with E-state index >= 15 is 0 Å². The molecule has 0 N–H and O–H groups in total. The van der Waals surface area contributed by atoms with Crippen LogP contribution in [0, 0.1) is 0 Å². The summed E-state index contributed by atoms with van der Waals surface area (Å²) in [6.45, 7) is 4.24. The molecule has 0 fully saturated rings. The Bertz CT molecular complexity index is 806. The summed E-state index contributed by atoms with van der Waals surface area (Å²) in [4.78, 5) is 16.2. The van der Waals surface area contributed by atoms with Crippen molar-refractivity contribution in [1.82, 2.24) is 4.98 Å². The normalized spacial score (nSPS) is 10.8. The number of furan rings is 1. The number of aromatic nitrogens is 1. The van der Waals surface area contributed by atoms with Gasteiger partial charge in [-0.1, -0.05) is 26.0 Å². The van der Waals surface area contributed by atoms with E-state index in [-0.39, 0.29) is 13.2 Å². The lowest BCUT2D eigenvalue weighted by molar-refractivity contribution is -0.147. The first-order valence-electron chi connectivity index (χ1n) is 7.98. The van der Waals surface area contributed by atoms with Crippen molar-refractivity contribution in [2.24, 2.45) is 0 Å². The standard InChI is InChI=1S/C19H19NO4S/c1-13(2)14-5-7-16(8-6-14)23-11-18(21)24-10-15-12-25-19(20-15)17-4-3-9-22-17/h3-9,12-13H,10-11H2,1-2H3. The maximum Gasteiger partial charge on any atom is 0.344 e. The van der Waals surface area contributed by atoms with E-state index in [4.69, 9.17) is 13.9 Å². The fourth-order valence-electron chi connectivity index (χ4n) is 2.17. The average Bonchev–Trinajstić information content (AvgIpc) is 3.29. The summed E-state index contributed by atoms with van der Waals surface area (Å²) in [7, 11) is 0. The number of hydrogen-bond donors (Lipinski definition) is 0. The van der Waals surface area contributed by atoms with Gasteiger partial charge >= 0.3 is 5.97 Å². The van der Waals surface area contributed by atoms with Crippen molar-refractivity contribution in [2.75, 3.05) is 6.61 Å². The zero-order chi connectivity index (χ0) is 17.6. The van der Waals surface area contributed by atoms with Crippen LogP contribution in [-0.2, 0) is 16.1 Å². The molecule has 0 atom stereocenters. The van der Waals surface area contributed by atoms with E-state index in [1.807, 2.05) is 41.8 Å². The lowest BCUT2D eigenvalue weighted by atomic mass is 10.0. The van der Waals surface area contributed by atoms with Gasteiger partial charge < -0.3 is 13.9 Å². The van der Waals surface area contributed by atoms with E-state index in [2.05, 4.69) is 18.8 Å². The minimum atomic E-state index is -0.430. The molecule has 0 aliphatic rings. The highest BCUT2D eigenvalue weighted by atomic mass is 32.1. The molecule has 2 aromatic heterocycles. The second kappa shape index (κ2) is 7.98. The van der Waals surface area contributed by atoms with E-state index in [9.17, 15) is 4.79 Å². The highest BCUT2D eigenvalue weighted by Gasteiger charge is 2.10. The minimum Gasteiger partial charge on any atom is -0.482 e. The number of nitrogens with zero attached hydrogens (tertiary/aromatic N) is 1. The molecule has 0 unspecified atom stereocenters. The number of hydrogen-bond acceptors (Lipinski definition) is 6. The van der Waals surface area contributed by atoms with Crippen molar-refractivity contribution in [1.29, 1.82) is 0 Å². The Kier molecular flexibility index (Phi) is 5.50. The fraction of sp³-hybridized carbons (Fsp3) is 0.263. The predicted octanol–water partition coefficient (Wildman–Crippen LogP) is 4.65. The topological polar surface area (TPSA) is 61.6 Å². The molecule has 0 aliphatic heterocycles. The number of benzene rings is 1. The van der Waals surface area contributed by atoms with Crippen LogP contribution >= 0.6 is 11.3 Å². The Morgan fingerprint density at radius 3 is 2.72 bits per heavy atom. The van der Waals surface area contributed by atoms with Crippen LogP contribution in [0.2, 0.25) is 0 Å². The monoisotopic (exact) mass is 357 g/mol. The highest BCUT2D eigenvalue weighted by molar-refractivity contribution is 7.13. The number of esters is 1. The van der Waals surface area contributed by atoms with E-state index in [1.54, 1.807) is 6.26 Å². The van der Waals surface area contributed by atoms with Crippen molar-refractivity contribution in [3.63, 3.8) is 0 Å². The second-order valence-corrected chi connectivity index (χ2v) is 6.65. The molecular weight excluding hydrogens is 338 g/mol. The SMILES string of the molecule is CC(C)c1ccc(OCC(=O)OCc2csc(-c3ccco3)n2)cc1. The zero-order valence-electron chi connectivity index (χ0n) is 14.1. The van der Waals surface area contributed by atoms with Crippen LogP contribution in [0.15, 0.2) is 52.5 Å². The molecule has 130 valence electrons. The number of rotatable bonds is 7. The third kappa shape index (κ3) is 4.70. The summed E-state index contributed by atoms with van der Waals surface area (Å²) >= 11 is 1.45. The molecule has 0 bridgehead atoms. The fourth-order valence-corrected chi connectivity index (χ4v) is 2.94. The first-order valence-corrected chi connectivity index (χ1v) is 8.86. The summed E-state index contributed by atoms with van der Waals surface area (Å²) in [5.74, 6) is 1.38. The van der Waals surface area contributed by atoms with Crippen molar-refractivity contribution < 1.29 is 18.7 Å². The molecular formula is C19H19NO4S. The lowest BCUT2D eigenvalue weighted by Crippen LogP contribution is -2.14. The average molecular weight is 357 g/mol. The van der Waals surface area contributed by atoms with Crippen LogP contribution in [-0.4, -0.2) is 17.6 Å². The van der Waals surface area contributed by atoms with Gasteiger partial charge in [0.25, 0.3) is 0 Å². The maximum absolute atomic E-state index is 11.8. The van der Waals surface area contributed by atoms with E-state index in [1.165, 1.54) is 16.9 Å². The number of ether oxygens (including phenoxy) is 2. The van der Waals surface area contributed by atoms with Crippen molar-refractivity contribution in [3.8, 4) is 16.5 Å². The van der Waals surface area contributed by atoms with E-state index in [0.717, 1.165) is 5.01 Å². The first kappa shape index (κ1) is 17.2. The van der Waals surface area contributed by atoms with Crippen LogP contribution in [0.1, 0.15) is 31.0 Å². The molecule has 3 aromatic rings. The molecule has 0 saturated carbocycles. The molecule has 5 nitrogen and oxygen atoms in total. The Labute approximate surface area is 150 Å². The van der Waals surface area contributed by atoms with Gasteiger partial charge in [0.2, 0.25) is 0 Å². The molecule has 1 aromatic carbocycles. The van der Waals surface area contributed by atoms with Crippen LogP contribution in [0.3, 0.4) is 0 Å². The number of carbonyl (C=O) groups excluding carboxylic acids is 1. The Morgan fingerprint density at radius 1 is 1.24 bits per heavy atom. The van der Waals surface area contributed by atoms with Crippen molar-refractivity contribution in [2.45, 2.75) is 26.4 Å². The maximum atomic E-state index is 11.8.